The summed E-state index contributed by atoms with van der Waals surface area (Å²) in [7, 11) is 0. The minimum Gasteiger partial charge on any atom is -0.478 e. The number of hydrogen-bond acceptors (Lipinski definition) is 3. The van der Waals surface area contributed by atoms with Crippen LogP contribution in [0.2, 0.25) is 0 Å². The molecule has 0 radical (unpaired) electrons. The van der Waals surface area contributed by atoms with Gasteiger partial charge in [0, 0.05) is 5.56 Å². The van der Waals surface area contributed by atoms with Crippen LogP contribution in [-0.4, -0.2) is 17.0 Å². The predicted octanol–water partition coefficient (Wildman–Crippen LogP) is 1.67. The zero-order valence-corrected chi connectivity index (χ0v) is 8.46. The predicted molar refractivity (Wildman–Crippen MR) is 52.0 cm³/mol. The Morgan fingerprint density at radius 1 is 1.47 bits per heavy atom. The SMILES string of the molecule is Cc1cc2c(c(C)c1C(=O)O)COC2=O. The van der Waals surface area contributed by atoms with Crippen LogP contribution in [0.4, 0.5) is 0 Å². The van der Waals surface area contributed by atoms with Crippen molar-refractivity contribution in [2.75, 3.05) is 0 Å². The lowest BCUT2D eigenvalue weighted by molar-refractivity contribution is 0.0534. The zero-order valence-electron chi connectivity index (χ0n) is 8.46. The second kappa shape index (κ2) is 3.08. The first-order valence-corrected chi connectivity index (χ1v) is 4.56. The molecule has 0 bridgehead atoms. The number of rotatable bonds is 1. The topological polar surface area (TPSA) is 63.6 Å². The smallest absolute Gasteiger partial charge is 0.338 e. The minimum absolute atomic E-state index is 0.181. The fraction of sp³-hybridized carbons (Fsp3) is 0.273. The quantitative estimate of drug-likeness (QED) is 0.710. The van der Waals surface area contributed by atoms with Crippen molar-refractivity contribution in [1.82, 2.24) is 0 Å². The molecule has 0 atom stereocenters. The lowest BCUT2D eigenvalue weighted by atomic mass is 9.94. The van der Waals surface area contributed by atoms with Crippen molar-refractivity contribution in [2.45, 2.75) is 20.5 Å². The standard InChI is InChI=1S/C11H10O4/c1-5-3-7-8(4-15-11(7)14)6(2)9(5)10(12)13/h3H,4H2,1-2H3,(H,12,13). The number of aromatic carboxylic acids is 1. The van der Waals surface area contributed by atoms with Gasteiger partial charge < -0.3 is 9.84 Å². The van der Waals surface area contributed by atoms with Gasteiger partial charge in [-0.25, -0.2) is 9.59 Å². The number of carbonyl (C=O) groups excluding carboxylic acids is 1. The minimum atomic E-state index is -0.966. The molecule has 0 saturated heterocycles. The molecule has 0 aliphatic carbocycles. The second-order valence-corrected chi connectivity index (χ2v) is 3.60. The van der Waals surface area contributed by atoms with Gasteiger partial charge in [0.25, 0.3) is 0 Å². The summed E-state index contributed by atoms with van der Waals surface area (Å²) in [5.41, 5.74) is 2.69. The van der Waals surface area contributed by atoms with E-state index in [-0.39, 0.29) is 18.1 Å². The zero-order chi connectivity index (χ0) is 11.2. The summed E-state index contributed by atoms with van der Waals surface area (Å²) in [6.45, 7) is 3.57. The van der Waals surface area contributed by atoms with E-state index < -0.39 is 5.97 Å². The summed E-state index contributed by atoms with van der Waals surface area (Å²) in [6.07, 6.45) is 0. The third kappa shape index (κ3) is 1.29. The number of benzene rings is 1. The summed E-state index contributed by atoms with van der Waals surface area (Å²) in [6, 6.07) is 1.58. The average molecular weight is 206 g/mol. The molecule has 0 amide bonds. The molecule has 0 saturated carbocycles. The maximum atomic E-state index is 11.3. The van der Waals surface area contributed by atoms with Crippen LogP contribution in [0.15, 0.2) is 6.07 Å². The van der Waals surface area contributed by atoms with Crippen molar-refractivity contribution in [3.8, 4) is 0 Å². The number of carboxylic acids is 1. The molecule has 0 aromatic heterocycles. The van der Waals surface area contributed by atoms with Crippen LogP contribution >= 0.6 is 0 Å². The molecule has 0 unspecified atom stereocenters. The van der Waals surface area contributed by atoms with Gasteiger partial charge in [-0.2, -0.15) is 0 Å². The summed E-state index contributed by atoms with van der Waals surface area (Å²) in [5, 5.41) is 9.02. The number of hydrogen-bond donors (Lipinski definition) is 1. The highest BCUT2D eigenvalue weighted by Crippen LogP contribution is 2.28. The van der Waals surface area contributed by atoms with Crippen molar-refractivity contribution in [3.05, 3.63) is 33.9 Å². The van der Waals surface area contributed by atoms with Crippen LogP contribution in [0.5, 0.6) is 0 Å². The highest BCUT2D eigenvalue weighted by Gasteiger charge is 2.27. The Balaban J connectivity index is 2.74. The first-order chi connectivity index (χ1) is 7.02. The average Bonchev–Trinajstić information content (AvgIpc) is 2.47. The molecule has 78 valence electrons. The van der Waals surface area contributed by atoms with Crippen LogP contribution in [0.3, 0.4) is 0 Å². The van der Waals surface area contributed by atoms with Crippen LogP contribution in [0, 0.1) is 13.8 Å². The van der Waals surface area contributed by atoms with Crippen LogP contribution in [-0.2, 0) is 11.3 Å². The first-order valence-electron chi connectivity index (χ1n) is 4.56. The summed E-state index contributed by atoms with van der Waals surface area (Å²) < 4.78 is 4.86. The van der Waals surface area contributed by atoms with E-state index in [1.54, 1.807) is 19.9 Å². The molecule has 1 aliphatic rings. The van der Waals surface area contributed by atoms with Gasteiger partial charge in [-0.1, -0.05) is 0 Å². The van der Waals surface area contributed by atoms with Crippen molar-refractivity contribution < 1.29 is 19.4 Å². The second-order valence-electron chi connectivity index (χ2n) is 3.60. The molecule has 0 fully saturated rings. The lowest BCUT2D eigenvalue weighted by Crippen LogP contribution is -2.07. The fourth-order valence-corrected chi connectivity index (χ4v) is 1.94. The number of ether oxygens (including phenoxy) is 1. The maximum Gasteiger partial charge on any atom is 0.338 e. The first kappa shape index (κ1) is 9.71. The van der Waals surface area contributed by atoms with E-state index in [1.165, 1.54) is 0 Å². The summed E-state index contributed by atoms with van der Waals surface area (Å²) >= 11 is 0. The van der Waals surface area contributed by atoms with E-state index in [0.29, 0.717) is 22.3 Å². The van der Waals surface area contributed by atoms with Crippen LogP contribution < -0.4 is 0 Å². The highest BCUT2D eigenvalue weighted by molar-refractivity contribution is 5.98. The number of aryl methyl sites for hydroxylation is 1. The molecular weight excluding hydrogens is 196 g/mol. The summed E-state index contributed by atoms with van der Waals surface area (Å²) in [5.74, 6) is -1.33. The van der Waals surface area contributed by atoms with E-state index in [2.05, 4.69) is 0 Å². The molecule has 1 N–H and O–H groups in total. The van der Waals surface area contributed by atoms with Gasteiger partial charge in [0.05, 0.1) is 11.1 Å². The van der Waals surface area contributed by atoms with E-state index in [4.69, 9.17) is 9.84 Å². The molecule has 4 nitrogen and oxygen atoms in total. The van der Waals surface area contributed by atoms with Crippen LogP contribution in [0.1, 0.15) is 37.4 Å². The Morgan fingerprint density at radius 3 is 2.73 bits per heavy atom. The van der Waals surface area contributed by atoms with E-state index in [1.807, 2.05) is 0 Å². The Labute approximate surface area is 86.5 Å². The van der Waals surface area contributed by atoms with Crippen molar-refractivity contribution in [1.29, 1.82) is 0 Å². The van der Waals surface area contributed by atoms with Crippen LogP contribution in [0.25, 0.3) is 0 Å². The van der Waals surface area contributed by atoms with Gasteiger partial charge in [-0.3, -0.25) is 0 Å². The van der Waals surface area contributed by atoms with E-state index in [0.717, 1.165) is 0 Å². The molecule has 1 aromatic rings. The van der Waals surface area contributed by atoms with Gasteiger partial charge in [0.15, 0.2) is 0 Å². The maximum absolute atomic E-state index is 11.3. The monoisotopic (exact) mass is 206 g/mol. The molecule has 1 aliphatic heterocycles. The van der Waals surface area contributed by atoms with E-state index >= 15 is 0 Å². The Bertz CT molecular complexity index is 474. The lowest BCUT2D eigenvalue weighted by Gasteiger charge is -2.08. The molecule has 15 heavy (non-hydrogen) atoms. The third-order valence-electron chi connectivity index (χ3n) is 2.69. The molecule has 1 aromatic carbocycles. The highest BCUT2D eigenvalue weighted by atomic mass is 16.5. The molecule has 2 rings (SSSR count). The molecular formula is C11H10O4. The Kier molecular flexibility index (Phi) is 2.00. The molecule has 1 heterocycles. The molecule has 0 spiro atoms. The molecule has 4 heteroatoms. The van der Waals surface area contributed by atoms with Gasteiger partial charge in [-0.15, -0.1) is 0 Å². The number of carbonyl (C=O) groups is 2. The van der Waals surface area contributed by atoms with Gasteiger partial charge in [0.1, 0.15) is 6.61 Å². The van der Waals surface area contributed by atoms with Crippen molar-refractivity contribution >= 4 is 11.9 Å². The van der Waals surface area contributed by atoms with E-state index in [9.17, 15) is 9.59 Å². The number of carboxylic acid groups (broad SMARTS) is 1. The normalized spacial score (nSPS) is 13.6. The number of esters is 1. The summed E-state index contributed by atoms with van der Waals surface area (Å²) in [4.78, 5) is 22.3. The van der Waals surface area contributed by atoms with Gasteiger partial charge in [-0.05, 0) is 31.0 Å². The number of fused-ring (bicyclic) bond motifs is 1. The van der Waals surface area contributed by atoms with Crippen molar-refractivity contribution in [2.24, 2.45) is 0 Å². The Hall–Kier alpha value is -1.84. The fourth-order valence-electron chi connectivity index (χ4n) is 1.94. The number of cyclic esters (lactones) is 1. The largest absolute Gasteiger partial charge is 0.478 e. The third-order valence-corrected chi connectivity index (χ3v) is 2.69. The Morgan fingerprint density at radius 2 is 2.13 bits per heavy atom. The van der Waals surface area contributed by atoms with Crippen molar-refractivity contribution in [3.63, 3.8) is 0 Å². The van der Waals surface area contributed by atoms with Gasteiger partial charge >= 0.3 is 11.9 Å². The van der Waals surface area contributed by atoms with Gasteiger partial charge in [0.2, 0.25) is 0 Å².